The van der Waals surface area contributed by atoms with Gasteiger partial charge in [0.15, 0.2) is 0 Å². The Morgan fingerprint density at radius 2 is 1.35 bits per heavy atom. The molecule has 0 bridgehead atoms. The van der Waals surface area contributed by atoms with Gasteiger partial charge in [-0.1, -0.05) is 87.1 Å². The molecule has 1 aliphatic carbocycles. The maximum Gasteiger partial charge on any atom is 0.322 e. The second-order valence-electron chi connectivity index (χ2n) is 8.37. The van der Waals surface area contributed by atoms with Crippen LogP contribution in [0.25, 0.3) is 11.1 Å². The molecule has 0 heterocycles. The number of aliphatic carboxylic acids is 1. The van der Waals surface area contributed by atoms with Crippen LogP contribution in [0, 0.1) is 0 Å². The number of carbonyl (C=O) groups excluding carboxylic acids is 1. The molecule has 2 aromatic carbocycles. The van der Waals surface area contributed by atoms with Crippen LogP contribution in [-0.2, 0) is 14.3 Å². The molecule has 0 saturated heterocycles. The monoisotopic (exact) mass is 423 g/mol. The van der Waals surface area contributed by atoms with Gasteiger partial charge in [-0.3, -0.25) is 9.59 Å². The standard InChI is InChI=1S/C26H33NO4/c27-24(16-6-4-2-1-3-5-7-17-25(28)29)26(30)31-18-23-21-14-10-8-12-19(21)20-13-9-11-15-22(20)23/h8-15,23-24H,1-7,16-18,27H2,(H,28,29). The zero-order valence-corrected chi connectivity index (χ0v) is 18.1. The highest BCUT2D eigenvalue weighted by atomic mass is 16.5. The first-order chi connectivity index (χ1) is 15.1. The SMILES string of the molecule is NC(CCCCCCCCCC(=O)O)C(=O)OCC1c2ccccc2-c2ccccc21. The summed E-state index contributed by atoms with van der Waals surface area (Å²) in [6, 6.07) is 16.0. The molecule has 166 valence electrons. The number of fused-ring (bicyclic) bond motifs is 3. The van der Waals surface area contributed by atoms with Crippen LogP contribution < -0.4 is 5.73 Å². The number of rotatable bonds is 13. The Kier molecular flexibility index (Phi) is 8.65. The van der Waals surface area contributed by atoms with Crippen molar-refractivity contribution < 1.29 is 19.4 Å². The molecule has 2 aromatic rings. The van der Waals surface area contributed by atoms with Crippen molar-refractivity contribution in [3.63, 3.8) is 0 Å². The van der Waals surface area contributed by atoms with Gasteiger partial charge in [0.1, 0.15) is 12.6 Å². The lowest BCUT2D eigenvalue weighted by atomic mass is 9.98. The lowest BCUT2D eigenvalue weighted by molar-refractivity contribution is -0.145. The molecule has 1 atom stereocenters. The Labute approximate surface area is 184 Å². The summed E-state index contributed by atoms with van der Waals surface area (Å²) < 4.78 is 5.63. The molecule has 3 N–H and O–H groups in total. The van der Waals surface area contributed by atoms with Crippen LogP contribution >= 0.6 is 0 Å². The zero-order valence-electron chi connectivity index (χ0n) is 18.1. The van der Waals surface area contributed by atoms with Crippen molar-refractivity contribution in [3.05, 3.63) is 59.7 Å². The lowest BCUT2D eigenvalue weighted by Crippen LogP contribution is -2.33. The van der Waals surface area contributed by atoms with Gasteiger partial charge in [-0.05, 0) is 35.1 Å². The van der Waals surface area contributed by atoms with Gasteiger partial charge in [0, 0.05) is 12.3 Å². The smallest absolute Gasteiger partial charge is 0.322 e. The molecular formula is C26H33NO4. The number of carboxylic acid groups (broad SMARTS) is 1. The summed E-state index contributed by atoms with van der Waals surface area (Å²) >= 11 is 0. The molecule has 0 aromatic heterocycles. The highest BCUT2D eigenvalue weighted by molar-refractivity contribution is 5.79. The summed E-state index contributed by atoms with van der Waals surface area (Å²) in [6.07, 6.45) is 7.79. The number of hydrogen-bond donors (Lipinski definition) is 2. The maximum absolute atomic E-state index is 12.4. The fraction of sp³-hybridized carbons (Fsp3) is 0.462. The van der Waals surface area contributed by atoms with E-state index < -0.39 is 12.0 Å². The predicted octanol–water partition coefficient (Wildman–Crippen LogP) is 5.26. The Balaban J connectivity index is 1.36. The van der Waals surface area contributed by atoms with Crippen LogP contribution in [0.1, 0.15) is 74.8 Å². The summed E-state index contributed by atoms with van der Waals surface area (Å²) in [5, 5.41) is 8.62. The predicted molar refractivity (Wildman–Crippen MR) is 122 cm³/mol. The molecule has 0 amide bonds. The first-order valence-electron chi connectivity index (χ1n) is 11.4. The molecule has 3 rings (SSSR count). The minimum atomic E-state index is -0.720. The Morgan fingerprint density at radius 3 is 1.94 bits per heavy atom. The topological polar surface area (TPSA) is 89.6 Å². The van der Waals surface area contributed by atoms with Crippen molar-refractivity contribution in [1.29, 1.82) is 0 Å². The van der Waals surface area contributed by atoms with Crippen molar-refractivity contribution in [1.82, 2.24) is 0 Å². The number of unbranched alkanes of at least 4 members (excludes halogenated alkanes) is 6. The molecule has 0 spiro atoms. The van der Waals surface area contributed by atoms with E-state index in [2.05, 4.69) is 24.3 Å². The number of carbonyl (C=O) groups is 2. The maximum atomic E-state index is 12.4. The molecule has 0 fully saturated rings. The highest BCUT2D eigenvalue weighted by Crippen LogP contribution is 2.44. The number of hydrogen-bond acceptors (Lipinski definition) is 4. The number of benzene rings is 2. The molecule has 0 radical (unpaired) electrons. The van der Waals surface area contributed by atoms with Gasteiger partial charge in [-0.15, -0.1) is 0 Å². The van der Waals surface area contributed by atoms with Crippen molar-refractivity contribution in [3.8, 4) is 11.1 Å². The first kappa shape index (κ1) is 23.0. The van der Waals surface area contributed by atoms with Crippen molar-refractivity contribution in [2.75, 3.05) is 6.61 Å². The average Bonchev–Trinajstić information content (AvgIpc) is 3.09. The van der Waals surface area contributed by atoms with Crippen LogP contribution in [0.5, 0.6) is 0 Å². The summed E-state index contributed by atoms with van der Waals surface area (Å²) in [6.45, 7) is 0.316. The Morgan fingerprint density at radius 1 is 0.839 bits per heavy atom. The van der Waals surface area contributed by atoms with Crippen LogP contribution in [0.3, 0.4) is 0 Å². The van der Waals surface area contributed by atoms with E-state index in [0.29, 0.717) is 13.0 Å². The third-order valence-electron chi connectivity index (χ3n) is 6.06. The van der Waals surface area contributed by atoms with Gasteiger partial charge in [-0.2, -0.15) is 0 Å². The molecule has 0 aliphatic heterocycles. The third kappa shape index (κ3) is 6.41. The molecule has 5 heteroatoms. The molecule has 1 unspecified atom stereocenters. The van der Waals surface area contributed by atoms with Gasteiger partial charge in [0.25, 0.3) is 0 Å². The normalized spacial score (nSPS) is 13.5. The van der Waals surface area contributed by atoms with E-state index in [9.17, 15) is 9.59 Å². The van der Waals surface area contributed by atoms with Gasteiger partial charge in [0.2, 0.25) is 0 Å². The van der Waals surface area contributed by atoms with Crippen LogP contribution in [0.2, 0.25) is 0 Å². The van der Waals surface area contributed by atoms with Crippen LogP contribution in [0.4, 0.5) is 0 Å². The van der Waals surface area contributed by atoms with E-state index in [-0.39, 0.29) is 18.3 Å². The summed E-state index contributed by atoms with van der Waals surface area (Å²) in [7, 11) is 0. The molecule has 1 aliphatic rings. The fourth-order valence-corrected chi connectivity index (χ4v) is 4.35. The van der Waals surface area contributed by atoms with E-state index in [0.717, 1.165) is 44.9 Å². The van der Waals surface area contributed by atoms with Crippen molar-refractivity contribution in [2.24, 2.45) is 5.73 Å². The van der Waals surface area contributed by atoms with E-state index in [4.69, 9.17) is 15.6 Å². The van der Waals surface area contributed by atoms with E-state index in [1.165, 1.54) is 22.3 Å². The molecule has 0 saturated carbocycles. The largest absolute Gasteiger partial charge is 0.481 e. The quantitative estimate of drug-likeness (QED) is 0.339. The fourth-order valence-electron chi connectivity index (χ4n) is 4.35. The lowest BCUT2D eigenvalue weighted by Gasteiger charge is -2.16. The molecule has 31 heavy (non-hydrogen) atoms. The minimum Gasteiger partial charge on any atom is -0.481 e. The average molecular weight is 424 g/mol. The van der Waals surface area contributed by atoms with Gasteiger partial charge in [-0.25, -0.2) is 0 Å². The summed E-state index contributed by atoms with van der Waals surface area (Å²) in [4.78, 5) is 22.9. The van der Waals surface area contributed by atoms with E-state index in [1.807, 2.05) is 24.3 Å². The molecular weight excluding hydrogens is 390 g/mol. The van der Waals surface area contributed by atoms with E-state index in [1.54, 1.807) is 0 Å². The number of nitrogens with two attached hydrogens (primary N) is 1. The summed E-state index contributed by atoms with van der Waals surface area (Å²) in [5.74, 6) is -0.984. The van der Waals surface area contributed by atoms with Crippen LogP contribution in [0.15, 0.2) is 48.5 Å². The first-order valence-corrected chi connectivity index (χ1v) is 11.4. The van der Waals surface area contributed by atoms with Gasteiger partial charge >= 0.3 is 11.9 Å². The van der Waals surface area contributed by atoms with Crippen molar-refractivity contribution >= 4 is 11.9 Å². The Bertz CT molecular complexity index is 834. The minimum absolute atomic E-state index is 0.0599. The zero-order chi connectivity index (χ0) is 22.1. The number of esters is 1. The highest BCUT2D eigenvalue weighted by Gasteiger charge is 2.29. The van der Waals surface area contributed by atoms with Gasteiger partial charge in [0.05, 0.1) is 0 Å². The van der Waals surface area contributed by atoms with Gasteiger partial charge < -0.3 is 15.6 Å². The van der Waals surface area contributed by atoms with E-state index >= 15 is 0 Å². The third-order valence-corrected chi connectivity index (χ3v) is 6.06. The molecule has 5 nitrogen and oxygen atoms in total. The Hall–Kier alpha value is -2.66. The van der Waals surface area contributed by atoms with Crippen molar-refractivity contribution in [2.45, 2.75) is 69.7 Å². The number of ether oxygens (including phenoxy) is 1. The summed E-state index contributed by atoms with van der Waals surface area (Å²) in [5.41, 5.74) is 10.9. The second kappa shape index (κ2) is 11.7. The van der Waals surface area contributed by atoms with Crippen LogP contribution in [-0.4, -0.2) is 29.7 Å². The second-order valence-corrected chi connectivity index (χ2v) is 8.37. The number of carboxylic acids is 1.